The molecule has 18 heteroatoms. The molecule has 0 aliphatic heterocycles. The largest absolute Gasteiger partial charge is 0.463 e. The average Bonchev–Trinajstić information content (AvgIpc) is 3.65. The van der Waals surface area contributed by atoms with Gasteiger partial charge in [0.2, 0.25) is 6.86 Å². The maximum atomic E-state index is 14.6. The van der Waals surface area contributed by atoms with Crippen LogP contribution in [0.3, 0.4) is 0 Å². The summed E-state index contributed by atoms with van der Waals surface area (Å²) < 4.78 is 86.3. The van der Waals surface area contributed by atoms with Crippen molar-refractivity contribution < 1.29 is 40.7 Å². The van der Waals surface area contributed by atoms with Crippen molar-refractivity contribution in [2.45, 2.75) is 44.9 Å². The van der Waals surface area contributed by atoms with Crippen molar-refractivity contribution in [1.82, 2.24) is 45.6 Å². The summed E-state index contributed by atoms with van der Waals surface area (Å²) in [7, 11) is 0. The second-order valence-electron chi connectivity index (χ2n) is 9.03. The Balaban J connectivity index is 1.22. The zero-order valence-corrected chi connectivity index (χ0v) is 22.1. The maximum absolute atomic E-state index is 14.6. The van der Waals surface area contributed by atoms with Gasteiger partial charge in [0.25, 0.3) is 11.8 Å². The predicted molar refractivity (Wildman–Crippen MR) is 134 cm³/mol. The summed E-state index contributed by atoms with van der Waals surface area (Å²) >= 11 is 0. The normalized spacial score (nSPS) is 12.1. The molecule has 0 fully saturated rings. The number of pyridine rings is 1. The molecule has 0 radical (unpaired) electrons. The van der Waals surface area contributed by atoms with E-state index < -0.39 is 42.4 Å². The summed E-state index contributed by atoms with van der Waals surface area (Å²) in [6.07, 6.45) is -1.79. The van der Waals surface area contributed by atoms with Gasteiger partial charge in [0.05, 0.1) is 24.5 Å². The smallest absolute Gasteiger partial charge is 0.417 e. The van der Waals surface area contributed by atoms with Crippen LogP contribution >= 0.6 is 0 Å². The summed E-state index contributed by atoms with van der Waals surface area (Å²) in [6.45, 7) is -1.80. The molecule has 0 bridgehead atoms. The molecule has 0 aliphatic carbocycles. The molecular weight excluding hydrogens is 588 g/mol. The van der Waals surface area contributed by atoms with E-state index in [1.807, 2.05) is 0 Å². The lowest BCUT2D eigenvalue weighted by Gasteiger charge is -2.08. The van der Waals surface area contributed by atoms with Crippen LogP contribution in [0.4, 0.5) is 26.3 Å². The number of nitrogens with zero attached hydrogens (tertiary/aromatic N) is 7. The molecule has 3 heterocycles. The molecule has 0 saturated carbocycles. The summed E-state index contributed by atoms with van der Waals surface area (Å²) in [4.78, 5) is 28.2. The highest BCUT2D eigenvalue weighted by molar-refractivity contribution is 5.92. The Labute approximate surface area is 239 Å². The number of carbonyl (C=O) groups is 2. The number of aryl methyl sites for hydroxylation is 1. The molecule has 4 aromatic rings. The van der Waals surface area contributed by atoms with Gasteiger partial charge in [0.1, 0.15) is 17.7 Å². The molecule has 2 amide bonds. The minimum Gasteiger partial charge on any atom is -0.463 e. The molecule has 2 N–H and O–H groups in total. The van der Waals surface area contributed by atoms with E-state index >= 15 is 0 Å². The minimum atomic E-state index is -4.58. The first-order valence-corrected chi connectivity index (χ1v) is 12.5. The second-order valence-corrected chi connectivity index (χ2v) is 9.03. The van der Waals surface area contributed by atoms with E-state index in [0.717, 1.165) is 16.8 Å². The molecule has 1 aromatic carbocycles. The number of amides is 2. The highest BCUT2D eigenvalue weighted by Crippen LogP contribution is 2.28. The van der Waals surface area contributed by atoms with Crippen molar-refractivity contribution in [2.24, 2.45) is 0 Å². The Hall–Kier alpha value is -5.03. The van der Waals surface area contributed by atoms with Crippen molar-refractivity contribution in [3.8, 4) is 5.75 Å². The maximum Gasteiger partial charge on any atom is 0.417 e. The number of hydrogen-bond acceptors (Lipinski definition) is 8. The molecule has 0 saturated heterocycles. The van der Waals surface area contributed by atoms with Gasteiger partial charge < -0.3 is 15.4 Å². The first kappa shape index (κ1) is 30.9. The molecule has 43 heavy (non-hydrogen) atoms. The van der Waals surface area contributed by atoms with Gasteiger partial charge in [-0.05, 0) is 29.8 Å². The average molecular weight is 612 g/mol. The summed E-state index contributed by atoms with van der Waals surface area (Å²) in [5, 5.41) is 19.7. The molecule has 12 nitrogen and oxygen atoms in total. The number of hydrogen-bond donors (Lipinski definition) is 2. The van der Waals surface area contributed by atoms with Crippen molar-refractivity contribution in [3.05, 3.63) is 82.9 Å². The first-order chi connectivity index (χ1) is 20.5. The highest BCUT2D eigenvalue weighted by atomic mass is 19.4. The van der Waals surface area contributed by atoms with E-state index in [0.29, 0.717) is 6.20 Å². The second kappa shape index (κ2) is 13.8. The standard InChI is InChI=1S/C25H23F6N9O3/c26-14-43-19-1-2-20(28)16(6-19)9-34-24(42)21-12-39(37-35-21)4-3-18(27)11-40-13-22(36-38-40)23(41)33-8-15-5-17(10-32-7-15)25(29,30)31/h1-2,5-7,10,12-13,18H,3-4,8-9,11,14H2,(H,33,41)(H,34,42). The van der Waals surface area contributed by atoms with E-state index in [2.05, 4.69) is 41.0 Å². The third-order valence-corrected chi connectivity index (χ3v) is 5.85. The van der Waals surface area contributed by atoms with Crippen molar-refractivity contribution in [1.29, 1.82) is 0 Å². The number of carbonyl (C=O) groups excluding carboxylic acids is 2. The topological polar surface area (TPSA) is 142 Å². The van der Waals surface area contributed by atoms with Crippen LogP contribution in [-0.2, 0) is 32.4 Å². The third kappa shape index (κ3) is 8.73. The zero-order chi connectivity index (χ0) is 31.0. The van der Waals surface area contributed by atoms with E-state index in [-0.39, 0.29) is 60.9 Å². The van der Waals surface area contributed by atoms with Crippen LogP contribution in [0.1, 0.15) is 44.1 Å². The fourth-order valence-electron chi connectivity index (χ4n) is 3.69. The lowest BCUT2D eigenvalue weighted by atomic mass is 10.2. The van der Waals surface area contributed by atoms with Gasteiger partial charge in [-0.1, -0.05) is 10.4 Å². The van der Waals surface area contributed by atoms with Crippen LogP contribution in [0, 0.1) is 5.82 Å². The van der Waals surface area contributed by atoms with E-state index in [4.69, 9.17) is 0 Å². The molecule has 1 unspecified atom stereocenters. The monoisotopic (exact) mass is 611 g/mol. The van der Waals surface area contributed by atoms with Gasteiger partial charge in [0, 0.05) is 44.0 Å². The molecule has 0 aliphatic rings. The van der Waals surface area contributed by atoms with E-state index in [1.165, 1.54) is 35.4 Å². The number of halogens is 6. The molecule has 0 spiro atoms. The first-order valence-electron chi connectivity index (χ1n) is 12.5. The minimum absolute atomic E-state index is 0.0335. The van der Waals surface area contributed by atoms with Crippen LogP contribution in [-0.4, -0.2) is 59.8 Å². The Morgan fingerprint density at radius 2 is 1.63 bits per heavy atom. The third-order valence-electron chi connectivity index (χ3n) is 5.85. The van der Waals surface area contributed by atoms with Crippen LogP contribution < -0.4 is 15.4 Å². The quantitative estimate of drug-likeness (QED) is 0.220. The van der Waals surface area contributed by atoms with Gasteiger partial charge in [-0.2, -0.15) is 13.2 Å². The van der Waals surface area contributed by atoms with E-state index in [9.17, 15) is 35.9 Å². The lowest BCUT2D eigenvalue weighted by molar-refractivity contribution is -0.137. The van der Waals surface area contributed by atoms with Crippen molar-refractivity contribution in [2.75, 3.05) is 6.86 Å². The van der Waals surface area contributed by atoms with Gasteiger partial charge in [-0.25, -0.2) is 17.9 Å². The summed E-state index contributed by atoms with van der Waals surface area (Å²) in [6, 6.07) is 4.43. The molecule has 3 aromatic heterocycles. The van der Waals surface area contributed by atoms with Crippen molar-refractivity contribution >= 4 is 11.8 Å². The molecular formula is C25H23F6N9O3. The van der Waals surface area contributed by atoms with Crippen LogP contribution in [0.15, 0.2) is 49.1 Å². The number of aromatic nitrogens is 7. The molecule has 228 valence electrons. The van der Waals surface area contributed by atoms with Gasteiger partial charge >= 0.3 is 6.18 Å². The number of benzene rings is 1. The fraction of sp³-hybridized carbons (Fsp3) is 0.320. The predicted octanol–water partition coefficient (Wildman–Crippen LogP) is 3.02. The lowest BCUT2D eigenvalue weighted by Crippen LogP contribution is -2.23. The van der Waals surface area contributed by atoms with E-state index in [1.54, 1.807) is 0 Å². The Kier molecular flexibility index (Phi) is 9.89. The summed E-state index contributed by atoms with van der Waals surface area (Å²) in [5.74, 6) is -1.93. The highest BCUT2D eigenvalue weighted by Gasteiger charge is 2.31. The zero-order valence-electron chi connectivity index (χ0n) is 22.1. The molecule has 1 atom stereocenters. The van der Waals surface area contributed by atoms with Gasteiger partial charge in [-0.3, -0.25) is 19.3 Å². The SMILES string of the molecule is O=C(NCc1cc(OCF)ccc1F)c1cn(CCC(F)Cn2cc(C(=O)NCc3cncc(C(F)(F)F)c3)nn2)nn1. The Bertz CT molecular complexity index is 1560. The van der Waals surface area contributed by atoms with Crippen LogP contribution in [0.5, 0.6) is 5.75 Å². The molecule has 4 rings (SSSR count). The van der Waals surface area contributed by atoms with Gasteiger partial charge in [-0.15, -0.1) is 10.2 Å². The number of nitrogens with one attached hydrogen (secondary N) is 2. The number of rotatable bonds is 13. The van der Waals surface area contributed by atoms with Crippen LogP contribution in [0.2, 0.25) is 0 Å². The fourth-order valence-corrected chi connectivity index (χ4v) is 3.69. The number of ether oxygens (including phenoxy) is 1. The number of alkyl halides is 5. The van der Waals surface area contributed by atoms with Crippen LogP contribution in [0.25, 0.3) is 0 Å². The Morgan fingerprint density at radius 3 is 2.33 bits per heavy atom. The Morgan fingerprint density at radius 1 is 0.953 bits per heavy atom. The van der Waals surface area contributed by atoms with Gasteiger partial charge in [0.15, 0.2) is 11.4 Å². The summed E-state index contributed by atoms with van der Waals surface area (Å²) in [5.41, 5.74) is -1.03. The van der Waals surface area contributed by atoms with Crippen molar-refractivity contribution in [3.63, 3.8) is 0 Å².